The molecule has 0 fully saturated rings. The van der Waals surface area contributed by atoms with Crippen LogP contribution in [0.5, 0.6) is 0 Å². The molecular weight excluding hydrogens is 236 g/mol. The highest BCUT2D eigenvalue weighted by Crippen LogP contribution is 2.13. The first-order chi connectivity index (χ1) is 8.49. The van der Waals surface area contributed by atoms with Crippen molar-refractivity contribution in [1.82, 2.24) is 5.32 Å². The van der Waals surface area contributed by atoms with Gasteiger partial charge in [-0.2, -0.15) is 0 Å². The van der Waals surface area contributed by atoms with Crippen molar-refractivity contribution in [1.29, 1.82) is 0 Å². The molecule has 0 aliphatic heterocycles. The number of benzene rings is 1. The Kier molecular flexibility index (Phi) is 5.01. The van der Waals surface area contributed by atoms with Crippen LogP contribution in [0, 0.1) is 10.1 Å². The van der Waals surface area contributed by atoms with Crippen LogP contribution in [-0.2, 0) is 4.79 Å². The van der Waals surface area contributed by atoms with Gasteiger partial charge in [-0.25, -0.2) is 0 Å². The van der Waals surface area contributed by atoms with Crippen LogP contribution in [0.2, 0.25) is 0 Å². The van der Waals surface area contributed by atoms with Crippen molar-refractivity contribution < 1.29 is 14.8 Å². The second-order valence-corrected chi connectivity index (χ2v) is 3.78. The van der Waals surface area contributed by atoms with Gasteiger partial charge in [0.15, 0.2) is 0 Å². The zero-order valence-electron chi connectivity index (χ0n) is 9.87. The third kappa shape index (κ3) is 4.75. The summed E-state index contributed by atoms with van der Waals surface area (Å²) < 4.78 is 0. The van der Waals surface area contributed by atoms with Crippen LogP contribution in [0.1, 0.15) is 12.5 Å². The van der Waals surface area contributed by atoms with E-state index in [1.807, 2.05) is 0 Å². The third-order valence-electron chi connectivity index (χ3n) is 2.08. The minimum atomic E-state index is -0.611. The van der Waals surface area contributed by atoms with Crippen molar-refractivity contribution in [2.45, 2.75) is 13.0 Å². The first-order valence-electron chi connectivity index (χ1n) is 5.37. The average molecular weight is 250 g/mol. The highest BCUT2D eigenvalue weighted by atomic mass is 16.6. The smallest absolute Gasteiger partial charge is 0.270 e. The number of nitro groups is 1. The van der Waals surface area contributed by atoms with Crippen LogP contribution in [0.25, 0.3) is 6.08 Å². The Labute approximate surface area is 104 Å². The fraction of sp³-hybridized carbons (Fsp3) is 0.250. The number of carbonyl (C=O) groups excluding carboxylic acids is 1. The summed E-state index contributed by atoms with van der Waals surface area (Å²) in [4.78, 5) is 21.3. The molecule has 1 atom stereocenters. The van der Waals surface area contributed by atoms with Crippen molar-refractivity contribution >= 4 is 17.7 Å². The average Bonchev–Trinajstić information content (AvgIpc) is 2.34. The number of hydrogen-bond acceptors (Lipinski definition) is 4. The van der Waals surface area contributed by atoms with Crippen LogP contribution in [0.3, 0.4) is 0 Å². The van der Waals surface area contributed by atoms with E-state index in [-0.39, 0.29) is 18.1 Å². The molecule has 0 radical (unpaired) electrons. The Hall–Kier alpha value is -2.21. The SMILES string of the molecule is C[C@@H](O)CNC(=O)/C=C/c1cccc([N+](=O)[O-])c1. The molecule has 0 bridgehead atoms. The number of nitrogens with zero attached hydrogens (tertiary/aromatic N) is 1. The Bertz CT molecular complexity index is 469. The topological polar surface area (TPSA) is 92.5 Å². The molecule has 0 aliphatic carbocycles. The maximum absolute atomic E-state index is 11.3. The molecule has 0 aromatic heterocycles. The number of nitro benzene ring substituents is 1. The molecule has 0 heterocycles. The van der Waals surface area contributed by atoms with Gasteiger partial charge < -0.3 is 10.4 Å². The van der Waals surface area contributed by atoms with Crippen molar-refractivity contribution in [2.75, 3.05) is 6.54 Å². The zero-order valence-corrected chi connectivity index (χ0v) is 9.87. The van der Waals surface area contributed by atoms with E-state index in [1.54, 1.807) is 19.1 Å². The van der Waals surface area contributed by atoms with Crippen molar-refractivity contribution in [2.24, 2.45) is 0 Å². The van der Waals surface area contributed by atoms with E-state index in [1.165, 1.54) is 24.3 Å². The van der Waals surface area contributed by atoms with Gasteiger partial charge in [0.05, 0.1) is 11.0 Å². The molecule has 0 saturated heterocycles. The zero-order chi connectivity index (χ0) is 13.5. The van der Waals surface area contributed by atoms with Crippen LogP contribution >= 0.6 is 0 Å². The lowest BCUT2D eigenvalue weighted by Gasteiger charge is -2.03. The lowest BCUT2D eigenvalue weighted by Crippen LogP contribution is -2.28. The van der Waals surface area contributed by atoms with Gasteiger partial charge in [0.2, 0.25) is 5.91 Å². The fourth-order valence-electron chi connectivity index (χ4n) is 1.22. The third-order valence-corrected chi connectivity index (χ3v) is 2.08. The number of amides is 1. The van der Waals surface area contributed by atoms with Crippen LogP contribution in [-0.4, -0.2) is 28.6 Å². The van der Waals surface area contributed by atoms with Crippen molar-refractivity contribution in [3.8, 4) is 0 Å². The van der Waals surface area contributed by atoms with E-state index in [4.69, 9.17) is 5.11 Å². The minimum absolute atomic E-state index is 0.0264. The maximum Gasteiger partial charge on any atom is 0.270 e. The number of hydrogen-bond donors (Lipinski definition) is 2. The van der Waals surface area contributed by atoms with Gasteiger partial charge in [0, 0.05) is 24.8 Å². The van der Waals surface area contributed by atoms with Crippen molar-refractivity contribution in [3.63, 3.8) is 0 Å². The molecule has 0 saturated carbocycles. The molecule has 1 rings (SSSR count). The number of nitrogens with one attached hydrogen (secondary N) is 1. The fourth-order valence-corrected chi connectivity index (χ4v) is 1.22. The highest BCUT2D eigenvalue weighted by Gasteiger charge is 2.04. The first kappa shape index (κ1) is 13.9. The summed E-state index contributed by atoms with van der Waals surface area (Å²) in [6.07, 6.45) is 2.13. The van der Waals surface area contributed by atoms with E-state index < -0.39 is 11.0 Å². The standard InChI is InChI=1S/C12H14N2O4/c1-9(15)8-13-12(16)6-5-10-3-2-4-11(7-10)14(17)18/h2-7,9,15H,8H2,1H3,(H,13,16)/b6-5+/t9-/m1/s1. The van der Waals surface area contributed by atoms with Crippen LogP contribution in [0.4, 0.5) is 5.69 Å². The minimum Gasteiger partial charge on any atom is -0.392 e. The summed E-state index contributed by atoms with van der Waals surface area (Å²) in [5.41, 5.74) is 0.540. The molecule has 0 unspecified atom stereocenters. The maximum atomic E-state index is 11.3. The lowest BCUT2D eigenvalue weighted by molar-refractivity contribution is -0.384. The predicted octanol–water partition coefficient (Wildman–Crippen LogP) is 1.11. The van der Waals surface area contributed by atoms with Gasteiger partial charge in [0.25, 0.3) is 5.69 Å². The molecule has 6 nitrogen and oxygen atoms in total. The predicted molar refractivity (Wildman–Crippen MR) is 66.8 cm³/mol. The number of aliphatic hydroxyl groups excluding tert-OH is 1. The Morgan fingerprint density at radius 1 is 1.61 bits per heavy atom. The number of non-ortho nitro benzene ring substituents is 1. The van der Waals surface area contributed by atoms with Gasteiger partial charge >= 0.3 is 0 Å². The summed E-state index contributed by atoms with van der Waals surface area (Å²) in [5, 5.41) is 22.0. The molecule has 1 amide bonds. The summed E-state index contributed by atoms with van der Waals surface area (Å²) in [7, 11) is 0. The molecular formula is C12H14N2O4. The summed E-state index contributed by atoms with van der Waals surface area (Å²) >= 11 is 0. The van der Waals surface area contributed by atoms with Crippen molar-refractivity contribution in [3.05, 3.63) is 46.0 Å². The van der Waals surface area contributed by atoms with E-state index in [9.17, 15) is 14.9 Å². The second kappa shape index (κ2) is 6.51. The normalized spacial score (nSPS) is 12.3. The van der Waals surface area contributed by atoms with Gasteiger partial charge in [-0.1, -0.05) is 12.1 Å². The summed E-state index contributed by atoms with van der Waals surface area (Å²) in [6.45, 7) is 1.72. The second-order valence-electron chi connectivity index (χ2n) is 3.78. The Morgan fingerprint density at radius 2 is 2.33 bits per heavy atom. The van der Waals surface area contributed by atoms with Gasteiger partial charge in [-0.05, 0) is 18.6 Å². The summed E-state index contributed by atoms with van der Waals surface area (Å²) in [5.74, 6) is -0.359. The molecule has 96 valence electrons. The molecule has 0 aliphatic rings. The molecule has 6 heteroatoms. The quantitative estimate of drug-likeness (QED) is 0.465. The number of rotatable bonds is 5. The Balaban J connectivity index is 2.64. The molecule has 0 spiro atoms. The van der Waals surface area contributed by atoms with E-state index in [0.717, 1.165) is 0 Å². The number of aliphatic hydroxyl groups is 1. The van der Waals surface area contributed by atoms with Crippen LogP contribution in [0.15, 0.2) is 30.3 Å². The van der Waals surface area contributed by atoms with Gasteiger partial charge in [0.1, 0.15) is 0 Å². The highest BCUT2D eigenvalue weighted by molar-refractivity contribution is 5.91. The molecule has 2 N–H and O–H groups in total. The molecule has 1 aromatic carbocycles. The summed E-state index contributed by atoms with van der Waals surface area (Å²) in [6, 6.07) is 5.96. The van der Waals surface area contributed by atoms with E-state index in [2.05, 4.69) is 5.32 Å². The van der Waals surface area contributed by atoms with Gasteiger partial charge in [-0.3, -0.25) is 14.9 Å². The lowest BCUT2D eigenvalue weighted by atomic mass is 10.2. The number of carbonyl (C=O) groups is 1. The van der Waals surface area contributed by atoms with E-state index >= 15 is 0 Å². The molecule has 18 heavy (non-hydrogen) atoms. The Morgan fingerprint density at radius 3 is 2.94 bits per heavy atom. The van der Waals surface area contributed by atoms with E-state index in [0.29, 0.717) is 5.56 Å². The van der Waals surface area contributed by atoms with Gasteiger partial charge in [-0.15, -0.1) is 0 Å². The first-order valence-corrected chi connectivity index (χ1v) is 5.37. The largest absolute Gasteiger partial charge is 0.392 e. The van der Waals surface area contributed by atoms with Crippen LogP contribution < -0.4 is 5.32 Å². The molecule has 1 aromatic rings. The monoisotopic (exact) mass is 250 g/mol.